The van der Waals surface area contributed by atoms with E-state index in [-0.39, 0.29) is 30.6 Å². The van der Waals surface area contributed by atoms with Crippen LogP contribution in [0.25, 0.3) is 10.6 Å². The van der Waals surface area contributed by atoms with Crippen molar-refractivity contribution >= 4 is 34.4 Å². The summed E-state index contributed by atoms with van der Waals surface area (Å²) >= 11 is 3.10. The van der Waals surface area contributed by atoms with Crippen molar-refractivity contribution in [1.29, 1.82) is 0 Å². The molecule has 36 heavy (non-hydrogen) atoms. The Labute approximate surface area is 219 Å². The zero-order valence-corrected chi connectivity index (χ0v) is 22.5. The first-order chi connectivity index (χ1) is 17.3. The number of rotatable bonds is 10. The predicted molar refractivity (Wildman–Crippen MR) is 145 cm³/mol. The lowest BCUT2D eigenvalue weighted by atomic mass is 10.0. The fourth-order valence-corrected chi connectivity index (χ4v) is 5.74. The number of ether oxygens (including phenoxy) is 1. The fourth-order valence-electron chi connectivity index (χ4n) is 3.97. The van der Waals surface area contributed by atoms with Crippen LogP contribution in [0.3, 0.4) is 0 Å². The number of ketones is 1. The average molecular weight is 520 g/mol. The van der Waals surface area contributed by atoms with E-state index in [1.165, 1.54) is 11.3 Å². The van der Waals surface area contributed by atoms with Crippen LogP contribution >= 0.6 is 22.7 Å². The van der Waals surface area contributed by atoms with Crippen molar-refractivity contribution in [2.75, 3.05) is 6.61 Å². The number of hydrogen-bond donors (Lipinski definition) is 1. The van der Waals surface area contributed by atoms with Crippen LogP contribution in [0.5, 0.6) is 5.75 Å². The second-order valence-corrected chi connectivity index (χ2v) is 10.7. The summed E-state index contributed by atoms with van der Waals surface area (Å²) in [6.07, 6.45) is 0.440. The van der Waals surface area contributed by atoms with E-state index < -0.39 is 0 Å². The van der Waals surface area contributed by atoms with Gasteiger partial charge in [0.1, 0.15) is 16.5 Å². The highest BCUT2D eigenvalue weighted by atomic mass is 32.1. The Morgan fingerprint density at radius 1 is 1.06 bits per heavy atom. The van der Waals surface area contributed by atoms with Crippen molar-refractivity contribution in [3.63, 3.8) is 0 Å². The Morgan fingerprint density at radius 3 is 2.53 bits per heavy atom. The van der Waals surface area contributed by atoms with E-state index in [4.69, 9.17) is 4.74 Å². The first-order valence-corrected chi connectivity index (χ1v) is 13.5. The Balaban J connectivity index is 1.46. The highest BCUT2D eigenvalue weighted by Crippen LogP contribution is 2.31. The molecular weight excluding hydrogens is 490 g/mol. The van der Waals surface area contributed by atoms with E-state index in [1.807, 2.05) is 69.5 Å². The molecule has 0 aliphatic carbocycles. The van der Waals surface area contributed by atoms with E-state index in [2.05, 4.69) is 15.3 Å². The predicted octanol–water partition coefficient (Wildman–Crippen LogP) is 6.13. The van der Waals surface area contributed by atoms with E-state index >= 15 is 0 Å². The molecule has 0 radical (unpaired) electrons. The fraction of sp³-hybridized carbons (Fsp3) is 0.286. The van der Waals surface area contributed by atoms with Crippen molar-refractivity contribution in [3.05, 3.63) is 86.3 Å². The van der Waals surface area contributed by atoms with Gasteiger partial charge >= 0.3 is 0 Å². The molecule has 0 saturated heterocycles. The van der Waals surface area contributed by atoms with Crippen LogP contribution in [0.15, 0.2) is 53.9 Å². The number of carbonyl (C=O) groups is 2. The molecule has 2 aromatic heterocycles. The van der Waals surface area contributed by atoms with Crippen LogP contribution in [0.1, 0.15) is 57.1 Å². The zero-order chi connectivity index (χ0) is 25.7. The van der Waals surface area contributed by atoms with Gasteiger partial charge in [0.25, 0.3) is 5.91 Å². The molecule has 1 amide bonds. The van der Waals surface area contributed by atoms with Crippen molar-refractivity contribution < 1.29 is 14.3 Å². The van der Waals surface area contributed by atoms with Gasteiger partial charge in [0.05, 0.1) is 40.3 Å². The quantitative estimate of drug-likeness (QED) is 0.273. The summed E-state index contributed by atoms with van der Waals surface area (Å²) in [5.74, 6) is 0.403. The lowest BCUT2D eigenvalue weighted by Gasteiger charge is -2.15. The van der Waals surface area contributed by atoms with Gasteiger partial charge in [0.15, 0.2) is 0 Å². The Bertz CT molecular complexity index is 1360. The number of thiazole rings is 2. The lowest BCUT2D eigenvalue weighted by molar-refractivity contribution is -0.117. The number of nitrogens with one attached hydrogen (secondary N) is 1. The Kier molecular flexibility index (Phi) is 8.28. The van der Waals surface area contributed by atoms with Gasteiger partial charge in [-0.25, -0.2) is 9.97 Å². The van der Waals surface area contributed by atoms with E-state index in [0.29, 0.717) is 17.9 Å². The van der Waals surface area contributed by atoms with Crippen LogP contribution in [0.2, 0.25) is 0 Å². The molecule has 0 unspecified atom stereocenters. The first kappa shape index (κ1) is 25.7. The molecule has 0 saturated carbocycles. The summed E-state index contributed by atoms with van der Waals surface area (Å²) in [4.78, 5) is 36.1. The van der Waals surface area contributed by atoms with Crippen molar-refractivity contribution in [2.24, 2.45) is 0 Å². The SMILES string of the molecule is CCOc1cc(CC(=O)Cc2nc(-c3sc(C)nc3C)cs2)cc(C(=O)N[C@@H](C)c2ccccc2)c1. The number of nitrogens with zero attached hydrogens (tertiary/aromatic N) is 2. The summed E-state index contributed by atoms with van der Waals surface area (Å²) in [6, 6.07) is 15.0. The van der Waals surface area contributed by atoms with E-state index in [1.54, 1.807) is 23.5 Å². The second kappa shape index (κ2) is 11.6. The topological polar surface area (TPSA) is 81.2 Å². The molecule has 1 atom stereocenters. The number of hydrogen-bond acceptors (Lipinski definition) is 7. The molecule has 4 aromatic rings. The Morgan fingerprint density at radius 2 is 1.83 bits per heavy atom. The number of aromatic nitrogens is 2. The van der Waals surface area contributed by atoms with E-state index in [0.717, 1.165) is 37.4 Å². The minimum Gasteiger partial charge on any atom is -0.494 e. The third-order valence-corrected chi connectivity index (χ3v) is 7.57. The first-order valence-electron chi connectivity index (χ1n) is 11.9. The Hall–Kier alpha value is -3.36. The van der Waals surface area contributed by atoms with Crippen molar-refractivity contribution in [1.82, 2.24) is 15.3 Å². The molecule has 0 aliphatic heterocycles. The van der Waals surface area contributed by atoms with Gasteiger partial charge in [-0.2, -0.15) is 0 Å². The number of aryl methyl sites for hydroxylation is 2. The molecule has 8 heteroatoms. The zero-order valence-electron chi connectivity index (χ0n) is 20.8. The molecule has 0 spiro atoms. The van der Waals surface area contributed by atoms with Gasteiger partial charge in [0, 0.05) is 17.4 Å². The minimum atomic E-state index is -0.207. The van der Waals surface area contributed by atoms with Crippen molar-refractivity contribution in [3.8, 4) is 16.3 Å². The standard InChI is InChI=1S/C28H29N3O3S2/c1-5-34-24-13-20(11-22(14-24)28(33)30-17(2)21-9-7-6-8-10-21)12-23(32)15-26-31-25(16-35-26)27-18(3)29-19(4)36-27/h6-11,13-14,16-17H,5,12,15H2,1-4H3,(H,30,33)/t17-/m0/s1. The summed E-state index contributed by atoms with van der Waals surface area (Å²) in [7, 11) is 0. The molecular formula is C28H29N3O3S2. The summed E-state index contributed by atoms with van der Waals surface area (Å²) < 4.78 is 5.69. The van der Waals surface area contributed by atoms with Crippen LogP contribution in [-0.4, -0.2) is 28.3 Å². The molecule has 2 heterocycles. The molecule has 0 fully saturated rings. The van der Waals surface area contributed by atoms with Gasteiger partial charge in [-0.3, -0.25) is 9.59 Å². The van der Waals surface area contributed by atoms with Gasteiger partial charge in [0.2, 0.25) is 0 Å². The number of Topliss-reactive ketones (excluding diaryl/α,β-unsaturated/α-hetero) is 1. The number of amides is 1. The average Bonchev–Trinajstić information content (AvgIpc) is 3.44. The molecule has 6 nitrogen and oxygen atoms in total. The van der Waals surface area contributed by atoms with Crippen LogP contribution in [0, 0.1) is 13.8 Å². The maximum absolute atomic E-state index is 13.0. The van der Waals surface area contributed by atoms with Gasteiger partial charge in [-0.1, -0.05) is 30.3 Å². The third kappa shape index (κ3) is 6.44. The largest absolute Gasteiger partial charge is 0.494 e. The summed E-state index contributed by atoms with van der Waals surface area (Å²) in [6.45, 7) is 8.26. The van der Waals surface area contributed by atoms with Crippen LogP contribution in [-0.2, 0) is 17.6 Å². The number of benzene rings is 2. The normalized spacial score (nSPS) is 11.8. The molecule has 0 bridgehead atoms. The molecule has 2 aromatic carbocycles. The molecule has 0 aliphatic rings. The maximum atomic E-state index is 13.0. The lowest BCUT2D eigenvalue weighted by Crippen LogP contribution is -2.26. The molecule has 4 rings (SSSR count). The van der Waals surface area contributed by atoms with Gasteiger partial charge < -0.3 is 10.1 Å². The van der Waals surface area contributed by atoms with Gasteiger partial charge in [-0.15, -0.1) is 22.7 Å². The van der Waals surface area contributed by atoms with Crippen LogP contribution < -0.4 is 10.1 Å². The smallest absolute Gasteiger partial charge is 0.251 e. The third-order valence-electron chi connectivity index (χ3n) is 5.62. The molecule has 1 N–H and O–H groups in total. The summed E-state index contributed by atoms with van der Waals surface area (Å²) in [5.41, 5.74) is 4.07. The van der Waals surface area contributed by atoms with E-state index in [9.17, 15) is 9.59 Å². The minimum absolute atomic E-state index is 0.0331. The highest BCUT2D eigenvalue weighted by Gasteiger charge is 2.17. The van der Waals surface area contributed by atoms with Crippen molar-refractivity contribution in [2.45, 2.75) is 46.6 Å². The van der Waals surface area contributed by atoms with Gasteiger partial charge in [-0.05, 0) is 57.0 Å². The summed E-state index contributed by atoms with van der Waals surface area (Å²) in [5, 5.41) is 6.79. The second-order valence-electron chi connectivity index (χ2n) is 8.57. The molecule has 186 valence electrons. The number of carbonyl (C=O) groups excluding carboxylic acids is 2. The highest BCUT2D eigenvalue weighted by molar-refractivity contribution is 7.16. The monoisotopic (exact) mass is 519 g/mol. The van der Waals surface area contributed by atoms with Crippen LogP contribution in [0.4, 0.5) is 0 Å². The maximum Gasteiger partial charge on any atom is 0.251 e.